The Hall–Kier alpha value is -1.39. The third kappa shape index (κ3) is 4.31. The first kappa shape index (κ1) is 17.0. The summed E-state index contributed by atoms with van der Waals surface area (Å²) in [4.78, 5) is 26.3. The molecule has 1 amide bonds. The van der Waals surface area contributed by atoms with Crippen molar-refractivity contribution in [2.45, 2.75) is 38.6 Å². The first-order valence-corrected chi connectivity index (χ1v) is 8.17. The number of nitrogens with zero attached hydrogens (tertiary/aromatic N) is 1. The van der Waals surface area contributed by atoms with Crippen LogP contribution in [0.1, 0.15) is 43.0 Å². The highest BCUT2D eigenvalue weighted by Crippen LogP contribution is 2.23. The smallest absolute Gasteiger partial charge is 0.223 e. The van der Waals surface area contributed by atoms with E-state index in [2.05, 4.69) is 6.92 Å². The summed E-state index contributed by atoms with van der Waals surface area (Å²) >= 11 is 5.81. The van der Waals surface area contributed by atoms with Gasteiger partial charge < -0.3 is 10.6 Å². The van der Waals surface area contributed by atoms with Crippen molar-refractivity contribution < 1.29 is 9.59 Å². The van der Waals surface area contributed by atoms with E-state index in [1.54, 1.807) is 24.3 Å². The number of amides is 1. The van der Waals surface area contributed by atoms with Crippen molar-refractivity contribution in [1.29, 1.82) is 0 Å². The average Bonchev–Trinajstić information content (AvgIpc) is 2.52. The molecule has 0 aromatic heterocycles. The van der Waals surface area contributed by atoms with Gasteiger partial charge >= 0.3 is 0 Å². The number of hydrogen-bond acceptors (Lipinski definition) is 3. The number of piperidine rings is 1. The third-order valence-electron chi connectivity index (χ3n) is 4.30. The molecule has 2 atom stereocenters. The van der Waals surface area contributed by atoms with Gasteiger partial charge in [0, 0.05) is 42.6 Å². The minimum absolute atomic E-state index is 0.0281. The van der Waals surface area contributed by atoms with Crippen molar-refractivity contribution in [3.63, 3.8) is 0 Å². The minimum atomic E-state index is -0.0281. The Balaban J connectivity index is 1.89. The van der Waals surface area contributed by atoms with E-state index in [0.29, 0.717) is 23.0 Å². The second-order valence-electron chi connectivity index (χ2n) is 6.04. The van der Waals surface area contributed by atoms with Gasteiger partial charge in [-0.3, -0.25) is 9.59 Å². The van der Waals surface area contributed by atoms with Crippen molar-refractivity contribution in [1.82, 2.24) is 4.90 Å². The monoisotopic (exact) mass is 322 g/mol. The molecule has 22 heavy (non-hydrogen) atoms. The van der Waals surface area contributed by atoms with Crippen LogP contribution in [-0.4, -0.2) is 35.7 Å². The third-order valence-corrected chi connectivity index (χ3v) is 4.55. The van der Waals surface area contributed by atoms with Crippen molar-refractivity contribution in [2.75, 3.05) is 13.1 Å². The number of ketones is 1. The van der Waals surface area contributed by atoms with Crippen LogP contribution in [0.2, 0.25) is 5.02 Å². The Morgan fingerprint density at radius 2 is 1.95 bits per heavy atom. The first-order chi connectivity index (χ1) is 10.5. The molecule has 2 unspecified atom stereocenters. The number of carbonyl (C=O) groups excluding carboxylic acids is 2. The molecule has 1 aliphatic heterocycles. The maximum Gasteiger partial charge on any atom is 0.223 e. The van der Waals surface area contributed by atoms with Gasteiger partial charge in [0.2, 0.25) is 5.91 Å². The summed E-state index contributed by atoms with van der Waals surface area (Å²) in [6, 6.07) is 6.88. The van der Waals surface area contributed by atoms with Crippen LogP contribution in [0.25, 0.3) is 0 Å². The van der Waals surface area contributed by atoms with E-state index in [9.17, 15) is 9.59 Å². The second kappa shape index (κ2) is 7.75. The van der Waals surface area contributed by atoms with Gasteiger partial charge in [-0.1, -0.05) is 18.5 Å². The summed E-state index contributed by atoms with van der Waals surface area (Å²) in [5, 5.41) is 0.598. The highest BCUT2D eigenvalue weighted by Gasteiger charge is 2.28. The minimum Gasteiger partial charge on any atom is -0.338 e. The number of carbonyl (C=O) groups is 2. The number of halogens is 1. The molecule has 1 aliphatic rings. The summed E-state index contributed by atoms with van der Waals surface area (Å²) in [6.45, 7) is 3.42. The van der Waals surface area contributed by atoms with E-state index in [-0.39, 0.29) is 30.6 Å². The van der Waals surface area contributed by atoms with E-state index in [1.165, 1.54) is 0 Å². The molecule has 0 aliphatic carbocycles. The van der Waals surface area contributed by atoms with Crippen LogP contribution in [0, 0.1) is 5.92 Å². The number of rotatable bonds is 5. The van der Waals surface area contributed by atoms with E-state index < -0.39 is 0 Å². The molecule has 1 saturated heterocycles. The summed E-state index contributed by atoms with van der Waals surface area (Å²) in [6.07, 6.45) is 2.43. The maximum atomic E-state index is 12.4. The molecule has 0 spiro atoms. The number of Topliss-reactive ketones (excluding diaryl/α,β-unsaturated/α-hetero) is 1. The molecule has 1 heterocycles. The summed E-state index contributed by atoms with van der Waals surface area (Å²) in [5.41, 5.74) is 6.38. The van der Waals surface area contributed by atoms with Gasteiger partial charge in [0.25, 0.3) is 0 Å². The molecule has 0 bridgehead atoms. The summed E-state index contributed by atoms with van der Waals surface area (Å²) in [5.74, 6) is 0.609. The van der Waals surface area contributed by atoms with Gasteiger partial charge in [-0.2, -0.15) is 0 Å². The Bertz CT molecular complexity index is 530. The Morgan fingerprint density at radius 3 is 2.59 bits per heavy atom. The van der Waals surface area contributed by atoms with Crippen LogP contribution >= 0.6 is 11.6 Å². The zero-order chi connectivity index (χ0) is 16.1. The van der Waals surface area contributed by atoms with Gasteiger partial charge in [-0.15, -0.1) is 0 Å². The zero-order valence-corrected chi connectivity index (χ0v) is 13.7. The molecule has 0 saturated carbocycles. The highest BCUT2D eigenvalue weighted by atomic mass is 35.5. The summed E-state index contributed by atoms with van der Waals surface area (Å²) in [7, 11) is 0. The highest BCUT2D eigenvalue weighted by molar-refractivity contribution is 6.30. The Kier molecular flexibility index (Phi) is 5.98. The average molecular weight is 323 g/mol. The number of nitrogens with two attached hydrogens (primary N) is 1. The fraction of sp³-hybridized carbons (Fsp3) is 0.529. The van der Waals surface area contributed by atoms with Crippen molar-refractivity contribution in [2.24, 2.45) is 11.7 Å². The Labute approximate surface area is 136 Å². The molecular formula is C17H23ClN2O2. The predicted molar refractivity (Wildman–Crippen MR) is 88.0 cm³/mol. The standard InChI is InChI=1S/C17H23ClN2O2/c1-12-8-9-20(15(10-12)11-19)17(22)7-6-16(21)13-2-4-14(18)5-3-13/h2-5,12,15H,6-11,19H2,1H3. The van der Waals surface area contributed by atoms with E-state index in [0.717, 1.165) is 19.4 Å². The van der Waals surface area contributed by atoms with Crippen LogP contribution in [-0.2, 0) is 4.79 Å². The van der Waals surface area contributed by atoms with Crippen LogP contribution < -0.4 is 5.73 Å². The quantitative estimate of drug-likeness (QED) is 0.848. The van der Waals surface area contributed by atoms with E-state index in [4.69, 9.17) is 17.3 Å². The van der Waals surface area contributed by atoms with Crippen LogP contribution in [0.4, 0.5) is 0 Å². The second-order valence-corrected chi connectivity index (χ2v) is 6.47. The topological polar surface area (TPSA) is 63.4 Å². The van der Waals surface area contributed by atoms with Gasteiger partial charge in [0.1, 0.15) is 0 Å². The van der Waals surface area contributed by atoms with E-state index in [1.807, 2.05) is 4.90 Å². The van der Waals surface area contributed by atoms with Gasteiger partial charge in [0.15, 0.2) is 5.78 Å². The summed E-state index contributed by atoms with van der Waals surface area (Å²) < 4.78 is 0. The molecule has 1 fully saturated rings. The lowest BCUT2D eigenvalue weighted by Crippen LogP contribution is -2.49. The maximum absolute atomic E-state index is 12.4. The molecule has 1 aromatic carbocycles. The SMILES string of the molecule is CC1CCN(C(=O)CCC(=O)c2ccc(Cl)cc2)C(CN)C1. The molecule has 4 nitrogen and oxygen atoms in total. The molecule has 2 rings (SSSR count). The number of hydrogen-bond donors (Lipinski definition) is 1. The molecule has 5 heteroatoms. The van der Waals surface area contributed by atoms with Crippen molar-refractivity contribution >= 4 is 23.3 Å². The number of likely N-dealkylation sites (tertiary alicyclic amines) is 1. The van der Waals surface area contributed by atoms with Crippen LogP contribution in [0.15, 0.2) is 24.3 Å². The van der Waals surface area contributed by atoms with Crippen molar-refractivity contribution in [3.8, 4) is 0 Å². The molecule has 0 radical (unpaired) electrons. The zero-order valence-electron chi connectivity index (χ0n) is 12.9. The lowest BCUT2D eigenvalue weighted by Gasteiger charge is -2.38. The van der Waals surface area contributed by atoms with E-state index >= 15 is 0 Å². The largest absolute Gasteiger partial charge is 0.338 e. The molecule has 120 valence electrons. The predicted octanol–water partition coefficient (Wildman–Crippen LogP) is 2.89. The van der Waals surface area contributed by atoms with Gasteiger partial charge in [0.05, 0.1) is 0 Å². The molecule has 1 aromatic rings. The van der Waals surface area contributed by atoms with Crippen LogP contribution in [0.3, 0.4) is 0 Å². The fourth-order valence-electron chi connectivity index (χ4n) is 2.95. The molecular weight excluding hydrogens is 300 g/mol. The van der Waals surface area contributed by atoms with Crippen LogP contribution in [0.5, 0.6) is 0 Å². The van der Waals surface area contributed by atoms with Gasteiger partial charge in [-0.05, 0) is 43.0 Å². The first-order valence-electron chi connectivity index (χ1n) is 7.79. The Morgan fingerprint density at radius 1 is 1.27 bits per heavy atom. The lowest BCUT2D eigenvalue weighted by atomic mass is 9.92. The van der Waals surface area contributed by atoms with Gasteiger partial charge in [-0.25, -0.2) is 0 Å². The molecule has 2 N–H and O–H groups in total. The fourth-order valence-corrected chi connectivity index (χ4v) is 3.07. The lowest BCUT2D eigenvalue weighted by molar-refractivity contribution is -0.135. The normalized spacial score (nSPS) is 21.7. The number of benzene rings is 1. The van der Waals surface area contributed by atoms with Crippen molar-refractivity contribution in [3.05, 3.63) is 34.9 Å².